The smallest absolute Gasteiger partial charge is 0.240 e. The summed E-state index contributed by atoms with van der Waals surface area (Å²) in [5, 5.41) is 2.90. The Morgan fingerprint density at radius 1 is 0.971 bits per heavy atom. The molecule has 1 atom stereocenters. The highest BCUT2D eigenvalue weighted by atomic mass is 32.2. The molecule has 0 fully saturated rings. The molecule has 0 aliphatic carbocycles. The number of ether oxygens (including phenoxy) is 2. The van der Waals surface area contributed by atoms with E-state index >= 15 is 0 Å². The lowest BCUT2D eigenvalue weighted by molar-refractivity contribution is -0.121. The van der Waals surface area contributed by atoms with E-state index < -0.39 is 21.9 Å². The number of amides is 1. The number of nitrogens with one attached hydrogen (secondary N) is 2. The van der Waals surface area contributed by atoms with Crippen LogP contribution >= 0.6 is 0 Å². The van der Waals surface area contributed by atoms with Gasteiger partial charge >= 0.3 is 0 Å². The van der Waals surface area contributed by atoms with Gasteiger partial charge in [-0.2, -0.15) is 0 Å². The Labute approximate surface area is 204 Å². The number of halogens is 1. The summed E-state index contributed by atoms with van der Waals surface area (Å²) in [7, 11) is -3.85. The van der Waals surface area contributed by atoms with E-state index in [1.165, 1.54) is 24.3 Å². The third kappa shape index (κ3) is 6.17. The first-order valence-corrected chi connectivity index (χ1v) is 12.9. The van der Waals surface area contributed by atoms with Crippen molar-refractivity contribution in [3.8, 4) is 11.5 Å². The number of benzene rings is 3. The van der Waals surface area contributed by atoms with Crippen molar-refractivity contribution in [1.29, 1.82) is 0 Å². The number of fused-ring (bicyclic) bond motifs is 1. The lowest BCUT2D eigenvalue weighted by atomic mass is 9.97. The predicted octanol–water partition coefficient (Wildman–Crippen LogP) is 3.73. The molecule has 3 aromatic rings. The van der Waals surface area contributed by atoms with Crippen LogP contribution in [0.25, 0.3) is 0 Å². The number of hydrogen-bond acceptors (Lipinski definition) is 5. The van der Waals surface area contributed by atoms with Gasteiger partial charge in [0.25, 0.3) is 0 Å². The van der Waals surface area contributed by atoms with Crippen LogP contribution in [0.4, 0.5) is 4.39 Å². The van der Waals surface area contributed by atoms with E-state index in [4.69, 9.17) is 9.47 Å². The zero-order valence-corrected chi connectivity index (χ0v) is 20.1. The van der Waals surface area contributed by atoms with Crippen LogP contribution < -0.4 is 19.5 Å². The van der Waals surface area contributed by atoms with Crippen molar-refractivity contribution >= 4 is 15.9 Å². The van der Waals surface area contributed by atoms with Gasteiger partial charge in [0, 0.05) is 19.0 Å². The Morgan fingerprint density at radius 3 is 2.43 bits per heavy atom. The minimum atomic E-state index is -3.85. The van der Waals surface area contributed by atoms with Gasteiger partial charge in [0.05, 0.1) is 10.9 Å². The highest BCUT2D eigenvalue weighted by Gasteiger charge is 2.21. The van der Waals surface area contributed by atoms with Gasteiger partial charge in [-0.3, -0.25) is 4.79 Å². The molecule has 0 radical (unpaired) electrons. The van der Waals surface area contributed by atoms with Gasteiger partial charge in [-0.1, -0.05) is 43.3 Å². The fraction of sp³-hybridized carbons (Fsp3) is 0.269. The van der Waals surface area contributed by atoms with Crippen LogP contribution in [-0.2, 0) is 21.2 Å². The Hall–Kier alpha value is -3.43. The second kappa shape index (κ2) is 10.9. The van der Waals surface area contributed by atoms with Crippen molar-refractivity contribution in [2.75, 3.05) is 19.8 Å². The van der Waals surface area contributed by atoms with E-state index in [1.807, 2.05) is 31.2 Å². The normalized spacial score (nSPS) is 13.8. The molecule has 0 spiro atoms. The lowest BCUT2D eigenvalue weighted by Crippen LogP contribution is -2.33. The summed E-state index contributed by atoms with van der Waals surface area (Å²) in [6.07, 6.45) is 0.781. The summed E-state index contributed by atoms with van der Waals surface area (Å²) >= 11 is 0. The molecule has 4 rings (SSSR count). The minimum absolute atomic E-state index is 0.0239. The second-order valence-corrected chi connectivity index (χ2v) is 9.87. The van der Waals surface area contributed by atoms with Gasteiger partial charge in [-0.05, 0) is 47.4 Å². The minimum Gasteiger partial charge on any atom is -0.486 e. The molecule has 1 aliphatic heterocycles. The Balaban J connectivity index is 1.42. The molecule has 9 heteroatoms. The van der Waals surface area contributed by atoms with Crippen LogP contribution in [0.1, 0.15) is 36.1 Å². The molecule has 3 aromatic carbocycles. The maximum atomic E-state index is 13.9. The molecular formula is C26H27FN2O5S. The highest BCUT2D eigenvalue weighted by Crippen LogP contribution is 2.32. The molecule has 0 saturated carbocycles. The third-order valence-electron chi connectivity index (χ3n) is 5.68. The van der Waals surface area contributed by atoms with Crippen molar-refractivity contribution < 1.29 is 27.1 Å². The maximum absolute atomic E-state index is 13.9. The number of sulfonamides is 1. The molecule has 2 N–H and O–H groups in total. The highest BCUT2D eigenvalue weighted by molar-refractivity contribution is 7.89. The average molecular weight is 499 g/mol. The molecule has 0 bridgehead atoms. The van der Waals surface area contributed by atoms with Gasteiger partial charge in [0.1, 0.15) is 19.0 Å². The predicted molar refractivity (Wildman–Crippen MR) is 129 cm³/mol. The summed E-state index contributed by atoms with van der Waals surface area (Å²) in [5.41, 5.74) is 2.55. The van der Waals surface area contributed by atoms with E-state index in [1.54, 1.807) is 18.2 Å². The van der Waals surface area contributed by atoms with E-state index in [-0.39, 0.29) is 23.8 Å². The van der Waals surface area contributed by atoms with E-state index in [0.717, 1.165) is 17.5 Å². The molecule has 0 unspecified atom stereocenters. The molecule has 1 amide bonds. The summed E-state index contributed by atoms with van der Waals surface area (Å²) in [6, 6.07) is 17.6. The Kier molecular flexibility index (Phi) is 7.67. The number of carbonyl (C=O) groups is 1. The van der Waals surface area contributed by atoms with Crippen LogP contribution in [0.2, 0.25) is 0 Å². The lowest BCUT2D eigenvalue weighted by Gasteiger charge is -2.21. The van der Waals surface area contributed by atoms with E-state index in [0.29, 0.717) is 30.3 Å². The molecule has 7 nitrogen and oxygen atoms in total. The van der Waals surface area contributed by atoms with Gasteiger partial charge in [0.2, 0.25) is 15.9 Å². The SMILES string of the molecule is CCc1ccc([C@H](NC(=O)CCNS(=O)(=O)c2ccc3c(c2)OCCO3)c2cccc(F)c2)cc1. The average Bonchev–Trinajstić information content (AvgIpc) is 2.87. The van der Waals surface area contributed by atoms with Gasteiger partial charge in [-0.25, -0.2) is 17.5 Å². The Morgan fingerprint density at radius 2 is 1.71 bits per heavy atom. The molecule has 1 aliphatic rings. The fourth-order valence-electron chi connectivity index (χ4n) is 3.80. The van der Waals surface area contributed by atoms with Crippen molar-refractivity contribution in [2.45, 2.75) is 30.7 Å². The summed E-state index contributed by atoms with van der Waals surface area (Å²) in [6.45, 7) is 2.70. The maximum Gasteiger partial charge on any atom is 0.240 e. The number of aryl methyl sites for hydroxylation is 1. The first-order chi connectivity index (χ1) is 16.9. The first kappa shape index (κ1) is 24.7. The van der Waals surface area contributed by atoms with Crippen LogP contribution in [0.3, 0.4) is 0 Å². The van der Waals surface area contributed by atoms with Crippen molar-refractivity contribution in [3.63, 3.8) is 0 Å². The zero-order valence-electron chi connectivity index (χ0n) is 19.3. The van der Waals surface area contributed by atoms with Gasteiger partial charge in [-0.15, -0.1) is 0 Å². The molecule has 0 saturated heterocycles. The fourth-order valence-corrected chi connectivity index (χ4v) is 4.84. The summed E-state index contributed by atoms with van der Waals surface area (Å²) in [4.78, 5) is 12.8. The molecule has 184 valence electrons. The topological polar surface area (TPSA) is 93.7 Å². The standard InChI is InChI=1S/C26H27FN2O5S/c1-2-18-6-8-19(9-7-18)26(20-4-3-5-21(27)16-20)29-25(30)12-13-28-35(31,32)22-10-11-23-24(17-22)34-15-14-33-23/h3-11,16-17,26,28H,2,12-15H2,1H3,(H,29,30)/t26-/m0/s1. The van der Waals surface area contributed by atoms with Crippen LogP contribution in [0.15, 0.2) is 71.6 Å². The number of hydrogen-bond donors (Lipinski definition) is 2. The van der Waals surface area contributed by atoms with Crippen LogP contribution in [0, 0.1) is 5.82 Å². The molecule has 1 heterocycles. The monoisotopic (exact) mass is 498 g/mol. The number of rotatable bonds is 9. The largest absolute Gasteiger partial charge is 0.486 e. The van der Waals surface area contributed by atoms with E-state index in [9.17, 15) is 17.6 Å². The van der Waals surface area contributed by atoms with Crippen LogP contribution in [0.5, 0.6) is 11.5 Å². The van der Waals surface area contributed by atoms with Gasteiger partial charge in [0.15, 0.2) is 11.5 Å². The molecular weight excluding hydrogens is 471 g/mol. The zero-order chi connectivity index (χ0) is 24.8. The van der Waals surface area contributed by atoms with Crippen molar-refractivity contribution in [2.24, 2.45) is 0 Å². The summed E-state index contributed by atoms with van der Waals surface area (Å²) < 4.78 is 52.6. The van der Waals surface area contributed by atoms with Crippen LogP contribution in [-0.4, -0.2) is 34.1 Å². The Bertz CT molecular complexity index is 1300. The first-order valence-electron chi connectivity index (χ1n) is 11.4. The van der Waals surface area contributed by atoms with Gasteiger partial charge < -0.3 is 14.8 Å². The second-order valence-electron chi connectivity index (χ2n) is 8.10. The number of carbonyl (C=O) groups excluding carboxylic acids is 1. The summed E-state index contributed by atoms with van der Waals surface area (Å²) in [5.74, 6) is 0.0802. The quantitative estimate of drug-likeness (QED) is 0.469. The van der Waals surface area contributed by atoms with Crippen molar-refractivity contribution in [3.05, 3.63) is 89.2 Å². The molecule has 35 heavy (non-hydrogen) atoms. The van der Waals surface area contributed by atoms with Crippen molar-refractivity contribution in [1.82, 2.24) is 10.0 Å². The molecule has 0 aromatic heterocycles. The third-order valence-corrected chi connectivity index (χ3v) is 7.14. The van der Waals surface area contributed by atoms with E-state index in [2.05, 4.69) is 10.0 Å².